The summed E-state index contributed by atoms with van der Waals surface area (Å²) in [5.41, 5.74) is 5.92. The van der Waals surface area contributed by atoms with Crippen LogP contribution in [0.1, 0.15) is 28.4 Å². The van der Waals surface area contributed by atoms with Crippen LogP contribution in [0.4, 0.5) is 5.69 Å². The molecule has 0 saturated heterocycles. The number of carbonyl (C=O) groups excluding carboxylic acids is 1. The molecule has 128 valence electrons. The quantitative estimate of drug-likeness (QED) is 0.846. The van der Waals surface area contributed by atoms with E-state index in [1.54, 1.807) is 18.0 Å². The van der Waals surface area contributed by atoms with Crippen LogP contribution in [-0.4, -0.2) is 27.1 Å². The molecule has 1 amide bonds. The molecule has 0 radical (unpaired) electrons. The van der Waals surface area contributed by atoms with Crippen LogP contribution < -0.4 is 10.4 Å². The summed E-state index contributed by atoms with van der Waals surface area (Å²) in [4.78, 5) is 12.7. The van der Waals surface area contributed by atoms with Gasteiger partial charge in [0.2, 0.25) is 0 Å². The number of hydrogen-bond acceptors (Lipinski definition) is 4. The van der Waals surface area contributed by atoms with Crippen molar-refractivity contribution in [3.8, 4) is 0 Å². The SMILES string of the molecule is CCN(NC(=O)c1cc(S(C)(=O)=O)ccc1C)c1ccc(C)cc1. The molecule has 0 aromatic heterocycles. The zero-order valence-corrected chi connectivity index (χ0v) is 15.1. The van der Waals surface area contributed by atoms with Crippen molar-refractivity contribution in [2.45, 2.75) is 25.7 Å². The Morgan fingerprint density at radius 2 is 1.71 bits per heavy atom. The first-order chi connectivity index (χ1) is 11.2. The number of anilines is 1. The van der Waals surface area contributed by atoms with Gasteiger partial charge in [-0.3, -0.25) is 15.2 Å². The summed E-state index contributed by atoms with van der Waals surface area (Å²) in [6.45, 7) is 6.29. The zero-order chi connectivity index (χ0) is 17.9. The number of hydrazine groups is 1. The Bertz CT molecular complexity index is 843. The highest BCUT2D eigenvalue weighted by Gasteiger charge is 2.16. The number of rotatable bonds is 5. The molecule has 0 aliphatic rings. The van der Waals surface area contributed by atoms with Gasteiger partial charge in [0.1, 0.15) is 0 Å². The lowest BCUT2D eigenvalue weighted by Crippen LogP contribution is -2.42. The monoisotopic (exact) mass is 346 g/mol. The minimum atomic E-state index is -3.36. The van der Waals surface area contributed by atoms with E-state index in [9.17, 15) is 13.2 Å². The minimum Gasteiger partial charge on any atom is -0.286 e. The third-order valence-corrected chi connectivity index (χ3v) is 4.89. The van der Waals surface area contributed by atoms with Crippen molar-refractivity contribution >= 4 is 21.4 Å². The Labute approximate surface area is 143 Å². The number of carbonyl (C=O) groups is 1. The van der Waals surface area contributed by atoms with Crippen molar-refractivity contribution in [1.29, 1.82) is 0 Å². The molecule has 0 spiro atoms. The average molecular weight is 346 g/mol. The fourth-order valence-electron chi connectivity index (χ4n) is 2.31. The van der Waals surface area contributed by atoms with Crippen LogP contribution in [-0.2, 0) is 9.84 Å². The highest BCUT2D eigenvalue weighted by Crippen LogP contribution is 2.17. The van der Waals surface area contributed by atoms with E-state index in [-0.39, 0.29) is 10.8 Å². The number of hydrogen-bond donors (Lipinski definition) is 1. The predicted octanol–water partition coefficient (Wildman–Crippen LogP) is 2.88. The van der Waals surface area contributed by atoms with Crippen molar-refractivity contribution < 1.29 is 13.2 Å². The molecule has 0 fully saturated rings. The van der Waals surface area contributed by atoms with Gasteiger partial charge in [-0.25, -0.2) is 8.42 Å². The highest BCUT2D eigenvalue weighted by atomic mass is 32.2. The van der Waals surface area contributed by atoms with Gasteiger partial charge in [-0.2, -0.15) is 0 Å². The van der Waals surface area contributed by atoms with E-state index >= 15 is 0 Å². The van der Waals surface area contributed by atoms with E-state index in [4.69, 9.17) is 0 Å². The second-order valence-corrected chi connectivity index (χ2v) is 7.79. The lowest BCUT2D eigenvalue weighted by Gasteiger charge is -2.24. The second kappa shape index (κ2) is 7.05. The molecule has 0 unspecified atom stereocenters. The smallest absolute Gasteiger partial charge is 0.270 e. The average Bonchev–Trinajstić information content (AvgIpc) is 2.52. The molecule has 2 rings (SSSR count). The van der Waals surface area contributed by atoms with Crippen molar-refractivity contribution in [1.82, 2.24) is 5.43 Å². The van der Waals surface area contributed by atoms with Gasteiger partial charge in [0.05, 0.1) is 10.6 Å². The maximum Gasteiger partial charge on any atom is 0.270 e. The Kier molecular flexibility index (Phi) is 5.29. The summed E-state index contributed by atoms with van der Waals surface area (Å²) in [6.07, 6.45) is 1.13. The van der Waals surface area contributed by atoms with Gasteiger partial charge in [-0.1, -0.05) is 23.8 Å². The third kappa shape index (κ3) is 4.14. The summed E-state index contributed by atoms with van der Waals surface area (Å²) in [5, 5.41) is 1.73. The number of sulfone groups is 1. The standard InChI is InChI=1S/C18H22N2O3S/c1-5-20(15-9-6-13(2)7-10-15)19-18(21)17-12-16(24(4,22)23)11-8-14(17)3/h6-12H,5H2,1-4H3,(H,19,21). The van der Waals surface area contributed by atoms with Gasteiger partial charge in [-0.15, -0.1) is 0 Å². The van der Waals surface area contributed by atoms with Gasteiger partial charge >= 0.3 is 0 Å². The third-order valence-electron chi connectivity index (χ3n) is 3.78. The summed E-state index contributed by atoms with van der Waals surface area (Å²) < 4.78 is 23.4. The van der Waals surface area contributed by atoms with Gasteiger partial charge in [-0.05, 0) is 50.6 Å². The van der Waals surface area contributed by atoms with Crippen LogP contribution >= 0.6 is 0 Å². The summed E-state index contributed by atoms with van der Waals surface area (Å²) in [7, 11) is -3.36. The molecule has 2 aromatic carbocycles. The summed E-state index contributed by atoms with van der Waals surface area (Å²) >= 11 is 0. The Hall–Kier alpha value is -2.34. The van der Waals surface area contributed by atoms with Crippen molar-refractivity contribution in [2.75, 3.05) is 17.8 Å². The molecular weight excluding hydrogens is 324 g/mol. The number of benzene rings is 2. The Morgan fingerprint density at radius 1 is 1.08 bits per heavy atom. The molecule has 6 heteroatoms. The van der Waals surface area contributed by atoms with Crippen molar-refractivity contribution in [3.63, 3.8) is 0 Å². The Balaban J connectivity index is 2.29. The van der Waals surface area contributed by atoms with Crippen LogP contribution in [0.5, 0.6) is 0 Å². The first kappa shape index (κ1) is 18.0. The van der Waals surface area contributed by atoms with E-state index < -0.39 is 9.84 Å². The van der Waals surface area contributed by atoms with Gasteiger partial charge in [0.15, 0.2) is 9.84 Å². The first-order valence-corrected chi connectivity index (χ1v) is 9.57. The fourth-order valence-corrected chi connectivity index (χ4v) is 2.96. The first-order valence-electron chi connectivity index (χ1n) is 7.68. The predicted molar refractivity (Wildman–Crippen MR) is 96.0 cm³/mol. The number of amides is 1. The lowest BCUT2D eigenvalue weighted by atomic mass is 10.1. The molecule has 5 nitrogen and oxygen atoms in total. The topological polar surface area (TPSA) is 66.5 Å². The molecular formula is C18H22N2O3S. The van der Waals surface area contributed by atoms with Crippen LogP contribution in [0.3, 0.4) is 0 Å². The van der Waals surface area contributed by atoms with Gasteiger partial charge in [0, 0.05) is 18.4 Å². The van der Waals surface area contributed by atoms with Crippen LogP contribution in [0.25, 0.3) is 0 Å². The van der Waals surface area contributed by atoms with E-state index in [2.05, 4.69) is 5.43 Å². The minimum absolute atomic E-state index is 0.136. The summed E-state index contributed by atoms with van der Waals surface area (Å²) in [6, 6.07) is 12.4. The normalized spacial score (nSPS) is 11.2. The fraction of sp³-hybridized carbons (Fsp3) is 0.278. The van der Waals surface area contributed by atoms with Crippen LogP contribution in [0, 0.1) is 13.8 Å². The van der Waals surface area contributed by atoms with E-state index in [0.29, 0.717) is 12.1 Å². The molecule has 0 aliphatic carbocycles. The van der Waals surface area contributed by atoms with Gasteiger partial charge in [0.25, 0.3) is 5.91 Å². The van der Waals surface area contributed by atoms with E-state index in [1.807, 2.05) is 38.1 Å². The number of aryl methyl sites for hydroxylation is 2. The molecule has 0 aliphatic heterocycles. The maximum absolute atomic E-state index is 12.6. The maximum atomic E-state index is 12.6. The van der Waals surface area contributed by atoms with Gasteiger partial charge < -0.3 is 0 Å². The van der Waals surface area contributed by atoms with Crippen LogP contribution in [0.15, 0.2) is 47.4 Å². The zero-order valence-electron chi connectivity index (χ0n) is 14.3. The number of nitrogens with zero attached hydrogens (tertiary/aromatic N) is 1. The van der Waals surface area contributed by atoms with E-state index in [1.165, 1.54) is 12.1 Å². The lowest BCUT2D eigenvalue weighted by molar-refractivity contribution is 0.0948. The van der Waals surface area contributed by atoms with E-state index in [0.717, 1.165) is 23.1 Å². The molecule has 2 aromatic rings. The number of nitrogens with one attached hydrogen (secondary N) is 1. The molecule has 1 N–H and O–H groups in total. The molecule has 0 bridgehead atoms. The summed E-state index contributed by atoms with van der Waals surface area (Å²) in [5.74, 6) is -0.333. The molecule has 0 heterocycles. The largest absolute Gasteiger partial charge is 0.286 e. The molecule has 0 atom stereocenters. The Morgan fingerprint density at radius 3 is 2.25 bits per heavy atom. The molecule has 24 heavy (non-hydrogen) atoms. The molecule has 0 saturated carbocycles. The second-order valence-electron chi connectivity index (χ2n) is 5.77. The van der Waals surface area contributed by atoms with Crippen LogP contribution in [0.2, 0.25) is 0 Å². The highest BCUT2D eigenvalue weighted by molar-refractivity contribution is 7.90. The van der Waals surface area contributed by atoms with Crippen molar-refractivity contribution in [3.05, 3.63) is 59.2 Å². The van der Waals surface area contributed by atoms with Crippen molar-refractivity contribution in [2.24, 2.45) is 0 Å².